The Balaban J connectivity index is 2.97. The number of rotatable bonds is 5. The van der Waals surface area contributed by atoms with Crippen molar-refractivity contribution in [1.29, 1.82) is 0 Å². The fourth-order valence-corrected chi connectivity index (χ4v) is 2.22. The van der Waals surface area contributed by atoms with Gasteiger partial charge in [-0.2, -0.15) is 0 Å². The first-order valence-electron chi connectivity index (χ1n) is 7.41. The van der Waals surface area contributed by atoms with E-state index in [9.17, 15) is 9.59 Å². The van der Waals surface area contributed by atoms with Gasteiger partial charge in [-0.15, -0.1) is 0 Å². The van der Waals surface area contributed by atoms with Crippen molar-refractivity contribution >= 4 is 17.5 Å². The minimum absolute atomic E-state index is 0.00242. The van der Waals surface area contributed by atoms with E-state index in [4.69, 9.17) is 0 Å². The summed E-state index contributed by atoms with van der Waals surface area (Å²) < 4.78 is 0. The first kappa shape index (κ1) is 17.2. The van der Waals surface area contributed by atoms with Crippen molar-refractivity contribution in [3.63, 3.8) is 0 Å². The first-order valence-corrected chi connectivity index (χ1v) is 7.41. The minimum Gasteiger partial charge on any atom is -0.354 e. The third kappa shape index (κ3) is 4.88. The monoisotopic (exact) mass is 290 g/mol. The Morgan fingerprint density at radius 1 is 1.19 bits per heavy atom. The molecule has 0 atom stereocenters. The SMILES string of the molecule is CCC(=O)NCCN(C(C)=O)c1ccccc1C(C)(C)C. The van der Waals surface area contributed by atoms with Crippen LogP contribution in [0.2, 0.25) is 0 Å². The maximum absolute atomic E-state index is 12.0. The van der Waals surface area contributed by atoms with Crippen molar-refractivity contribution in [2.24, 2.45) is 0 Å². The van der Waals surface area contributed by atoms with Gasteiger partial charge < -0.3 is 10.2 Å². The van der Waals surface area contributed by atoms with E-state index >= 15 is 0 Å². The highest BCUT2D eigenvalue weighted by molar-refractivity contribution is 5.92. The van der Waals surface area contributed by atoms with Gasteiger partial charge >= 0.3 is 0 Å². The number of anilines is 1. The maximum atomic E-state index is 12.0. The molecule has 4 nitrogen and oxygen atoms in total. The van der Waals surface area contributed by atoms with Crippen LogP contribution in [0, 0.1) is 0 Å². The van der Waals surface area contributed by atoms with Crippen molar-refractivity contribution in [3.05, 3.63) is 29.8 Å². The molecule has 21 heavy (non-hydrogen) atoms. The molecule has 1 N–H and O–H groups in total. The molecule has 0 saturated heterocycles. The predicted molar refractivity (Wildman–Crippen MR) is 86.5 cm³/mol. The van der Waals surface area contributed by atoms with E-state index in [1.165, 1.54) is 0 Å². The topological polar surface area (TPSA) is 49.4 Å². The van der Waals surface area contributed by atoms with Crippen LogP contribution in [0.1, 0.15) is 46.6 Å². The summed E-state index contributed by atoms with van der Waals surface area (Å²) in [6.45, 7) is 10.7. The molecule has 0 heterocycles. The maximum Gasteiger partial charge on any atom is 0.223 e. The summed E-state index contributed by atoms with van der Waals surface area (Å²) in [5, 5.41) is 2.81. The van der Waals surface area contributed by atoms with E-state index < -0.39 is 0 Å². The van der Waals surface area contributed by atoms with Crippen molar-refractivity contribution in [2.75, 3.05) is 18.0 Å². The second-order valence-electron chi connectivity index (χ2n) is 6.14. The van der Waals surface area contributed by atoms with Crippen LogP contribution >= 0.6 is 0 Å². The molecular weight excluding hydrogens is 264 g/mol. The Hall–Kier alpha value is -1.84. The zero-order valence-electron chi connectivity index (χ0n) is 13.7. The highest BCUT2D eigenvalue weighted by Crippen LogP contribution is 2.31. The van der Waals surface area contributed by atoms with Gasteiger partial charge in [0.2, 0.25) is 11.8 Å². The van der Waals surface area contributed by atoms with Crippen molar-refractivity contribution in [1.82, 2.24) is 5.32 Å². The van der Waals surface area contributed by atoms with Crippen LogP contribution in [0.15, 0.2) is 24.3 Å². The molecule has 0 aliphatic heterocycles. The molecule has 0 saturated carbocycles. The van der Waals surface area contributed by atoms with Crippen LogP contribution in [0.3, 0.4) is 0 Å². The van der Waals surface area contributed by atoms with Gasteiger partial charge in [0, 0.05) is 32.1 Å². The van der Waals surface area contributed by atoms with Crippen LogP contribution in [-0.4, -0.2) is 24.9 Å². The summed E-state index contributed by atoms with van der Waals surface area (Å²) in [6, 6.07) is 7.94. The lowest BCUT2D eigenvalue weighted by molar-refractivity contribution is -0.121. The molecule has 1 aromatic carbocycles. The summed E-state index contributed by atoms with van der Waals surface area (Å²) in [6.07, 6.45) is 0.457. The fourth-order valence-electron chi connectivity index (χ4n) is 2.22. The van der Waals surface area contributed by atoms with Gasteiger partial charge in [-0.1, -0.05) is 45.9 Å². The average Bonchev–Trinajstić information content (AvgIpc) is 2.42. The van der Waals surface area contributed by atoms with Crippen LogP contribution < -0.4 is 10.2 Å². The number of amides is 2. The Morgan fingerprint density at radius 3 is 2.33 bits per heavy atom. The van der Waals surface area contributed by atoms with E-state index in [0.717, 1.165) is 11.3 Å². The summed E-state index contributed by atoms with van der Waals surface area (Å²) in [5.41, 5.74) is 2.00. The predicted octanol–water partition coefficient (Wildman–Crippen LogP) is 2.86. The van der Waals surface area contributed by atoms with E-state index in [1.807, 2.05) is 25.1 Å². The van der Waals surface area contributed by atoms with Gasteiger partial charge in [-0.05, 0) is 17.0 Å². The summed E-state index contributed by atoms with van der Waals surface area (Å²) in [5.74, 6) is -0.0138. The third-order valence-electron chi connectivity index (χ3n) is 3.36. The van der Waals surface area contributed by atoms with Crippen LogP contribution in [0.4, 0.5) is 5.69 Å². The molecule has 0 radical (unpaired) electrons. The van der Waals surface area contributed by atoms with Crippen LogP contribution in [0.5, 0.6) is 0 Å². The Labute approximate surface area is 127 Å². The second kappa shape index (κ2) is 7.25. The van der Waals surface area contributed by atoms with E-state index in [2.05, 4.69) is 32.2 Å². The quantitative estimate of drug-likeness (QED) is 0.906. The lowest BCUT2D eigenvalue weighted by Crippen LogP contribution is -2.38. The zero-order valence-corrected chi connectivity index (χ0v) is 13.7. The van der Waals surface area contributed by atoms with Gasteiger partial charge in [-0.3, -0.25) is 9.59 Å². The normalized spacial score (nSPS) is 11.1. The number of para-hydroxylation sites is 1. The van der Waals surface area contributed by atoms with Gasteiger partial charge in [0.05, 0.1) is 0 Å². The largest absolute Gasteiger partial charge is 0.354 e. The van der Waals surface area contributed by atoms with Crippen LogP contribution in [0.25, 0.3) is 0 Å². The summed E-state index contributed by atoms with van der Waals surface area (Å²) in [4.78, 5) is 25.0. The molecule has 1 aromatic rings. The molecular formula is C17H26N2O2. The molecule has 0 spiro atoms. The molecule has 0 aromatic heterocycles. The van der Waals surface area contributed by atoms with E-state index in [0.29, 0.717) is 19.5 Å². The minimum atomic E-state index is -0.0447. The lowest BCUT2D eigenvalue weighted by atomic mass is 9.85. The number of hydrogen-bond donors (Lipinski definition) is 1. The average molecular weight is 290 g/mol. The molecule has 0 aliphatic carbocycles. The fraction of sp³-hybridized carbons (Fsp3) is 0.529. The molecule has 0 aliphatic rings. The van der Waals surface area contributed by atoms with Crippen molar-refractivity contribution in [3.8, 4) is 0 Å². The third-order valence-corrected chi connectivity index (χ3v) is 3.36. The second-order valence-corrected chi connectivity index (χ2v) is 6.14. The molecule has 1 rings (SSSR count). The molecule has 116 valence electrons. The van der Waals surface area contributed by atoms with E-state index in [1.54, 1.807) is 11.8 Å². The van der Waals surface area contributed by atoms with Crippen LogP contribution in [-0.2, 0) is 15.0 Å². The molecule has 2 amide bonds. The Kier molecular flexibility index (Phi) is 5.94. The van der Waals surface area contributed by atoms with Gasteiger partial charge in [-0.25, -0.2) is 0 Å². The number of benzene rings is 1. The molecule has 0 unspecified atom stereocenters. The Morgan fingerprint density at radius 2 is 1.81 bits per heavy atom. The van der Waals surface area contributed by atoms with Gasteiger partial charge in [0.15, 0.2) is 0 Å². The lowest BCUT2D eigenvalue weighted by Gasteiger charge is -2.29. The molecule has 0 bridgehead atoms. The van der Waals surface area contributed by atoms with Crippen molar-refractivity contribution in [2.45, 2.75) is 46.5 Å². The summed E-state index contributed by atoms with van der Waals surface area (Å²) in [7, 11) is 0. The number of carbonyl (C=O) groups excluding carboxylic acids is 2. The number of nitrogens with zero attached hydrogens (tertiary/aromatic N) is 1. The Bertz CT molecular complexity index is 504. The summed E-state index contributed by atoms with van der Waals surface area (Å²) >= 11 is 0. The number of hydrogen-bond acceptors (Lipinski definition) is 2. The standard InChI is InChI=1S/C17H26N2O2/c1-6-16(21)18-11-12-19(13(2)20)15-10-8-7-9-14(15)17(3,4)5/h7-10H,6,11-12H2,1-5H3,(H,18,21). The van der Waals surface area contributed by atoms with Gasteiger partial charge in [0.1, 0.15) is 0 Å². The molecule has 4 heteroatoms. The van der Waals surface area contributed by atoms with Crippen molar-refractivity contribution < 1.29 is 9.59 Å². The van der Waals surface area contributed by atoms with Gasteiger partial charge in [0.25, 0.3) is 0 Å². The zero-order chi connectivity index (χ0) is 16.0. The smallest absolute Gasteiger partial charge is 0.223 e. The highest BCUT2D eigenvalue weighted by atomic mass is 16.2. The molecule has 0 fully saturated rings. The first-order chi connectivity index (χ1) is 9.77. The number of carbonyl (C=O) groups is 2. The highest BCUT2D eigenvalue weighted by Gasteiger charge is 2.22. The number of nitrogens with one attached hydrogen (secondary N) is 1. The van der Waals surface area contributed by atoms with E-state index in [-0.39, 0.29) is 17.2 Å².